The van der Waals surface area contributed by atoms with Crippen molar-refractivity contribution in [1.82, 2.24) is 4.98 Å². The molecule has 42 heavy (non-hydrogen) atoms. The number of benzene rings is 6. The summed E-state index contributed by atoms with van der Waals surface area (Å²) in [6, 6.07) is 41.7. The Morgan fingerprint density at radius 1 is 0.595 bits per heavy atom. The first-order valence-electron chi connectivity index (χ1n) is 14.5. The van der Waals surface area contributed by atoms with Gasteiger partial charge in [-0.1, -0.05) is 127 Å². The highest BCUT2D eigenvalue weighted by atomic mass is 14.7. The van der Waals surface area contributed by atoms with Crippen LogP contribution in [0.3, 0.4) is 0 Å². The molecule has 1 heteroatoms. The first kappa shape index (κ1) is 25.7. The highest BCUT2D eigenvalue weighted by molar-refractivity contribution is 6.27. The van der Waals surface area contributed by atoms with Crippen molar-refractivity contribution in [3.63, 3.8) is 0 Å². The molecule has 6 aromatic carbocycles. The molecule has 0 N–H and O–H groups in total. The Morgan fingerprint density at radius 3 is 2.02 bits per heavy atom. The van der Waals surface area contributed by atoms with E-state index in [1.54, 1.807) is 0 Å². The molecule has 0 amide bonds. The van der Waals surface area contributed by atoms with Crippen LogP contribution in [0.25, 0.3) is 66.2 Å². The molecule has 0 radical (unpaired) electrons. The minimum atomic E-state index is 0.996. The summed E-state index contributed by atoms with van der Waals surface area (Å²) in [6.07, 6.45) is 12.5. The second-order valence-electron chi connectivity index (χ2n) is 11.0. The third-order valence-corrected chi connectivity index (χ3v) is 8.11. The van der Waals surface area contributed by atoms with Gasteiger partial charge in [0.1, 0.15) is 0 Å². The number of rotatable bonds is 6. The molecule has 0 aliphatic rings. The van der Waals surface area contributed by atoms with Crippen LogP contribution >= 0.6 is 0 Å². The van der Waals surface area contributed by atoms with Gasteiger partial charge in [-0.25, -0.2) is 0 Å². The van der Waals surface area contributed by atoms with Crippen molar-refractivity contribution in [3.8, 4) is 22.3 Å². The van der Waals surface area contributed by atoms with Gasteiger partial charge in [0.25, 0.3) is 0 Å². The summed E-state index contributed by atoms with van der Waals surface area (Å²) in [4.78, 5) is 4.45. The first-order chi connectivity index (χ1) is 20.7. The van der Waals surface area contributed by atoms with Gasteiger partial charge >= 0.3 is 0 Å². The van der Waals surface area contributed by atoms with Gasteiger partial charge in [-0.05, 0) is 103 Å². The number of nitrogens with zero attached hydrogens (tertiary/aromatic N) is 1. The van der Waals surface area contributed by atoms with Gasteiger partial charge in [-0.15, -0.1) is 0 Å². The SMILES string of the molecule is C\C(=C/C=C\C=C\c1cc(-c2ccc(-c3ccccc3)cc2)c2ccc3cc(C)cc4ccc1c2c43)c1ccccn1. The number of aromatic nitrogens is 1. The predicted octanol–water partition coefficient (Wildman–Crippen LogP) is 11.3. The molecule has 0 aliphatic heterocycles. The number of pyridine rings is 1. The van der Waals surface area contributed by atoms with Crippen molar-refractivity contribution in [2.75, 3.05) is 0 Å². The lowest BCUT2D eigenvalue weighted by Crippen LogP contribution is -1.91. The highest BCUT2D eigenvalue weighted by Crippen LogP contribution is 2.42. The molecule has 0 unspecified atom stereocenters. The summed E-state index contributed by atoms with van der Waals surface area (Å²) in [6.45, 7) is 4.27. The summed E-state index contributed by atoms with van der Waals surface area (Å²) in [5.74, 6) is 0. The molecule has 7 aromatic rings. The Morgan fingerprint density at radius 2 is 1.29 bits per heavy atom. The van der Waals surface area contributed by atoms with Crippen molar-refractivity contribution >= 4 is 44.0 Å². The molecule has 0 aliphatic carbocycles. The summed E-state index contributed by atoms with van der Waals surface area (Å²) < 4.78 is 0. The predicted molar refractivity (Wildman–Crippen MR) is 182 cm³/mol. The van der Waals surface area contributed by atoms with E-state index in [9.17, 15) is 0 Å². The van der Waals surface area contributed by atoms with Crippen molar-refractivity contribution in [1.29, 1.82) is 0 Å². The van der Waals surface area contributed by atoms with Gasteiger partial charge in [0.15, 0.2) is 0 Å². The maximum Gasteiger partial charge on any atom is 0.0658 e. The molecule has 0 fully saturated rings. The molecule has 7 rings (SSSR count). The largest absolute Gasteiger partial charge is 0.257 e. The van der Waals surface area contributed by atoms with Crippen LogP contribution in [0.15, 0.2) is 146 Å². The van der Waals surface area contributed by atoms with Gasteiger partial charge < -0.3 is 0 Å². The number of allylic oxidation sites excluding steroid dienone is 5. The zero-order valence-corrected chi connectivity index (χ0v) is 23.9. The molecule has 0 saturated carbocycles. The normalized spacial score (nSPS) is 12.5. The van der Waals surface area contributed by atoms with Crippen LogP contribution in [0.4, 0.5) is 0 Å². The maximum absolute atomic E-state index is 4.45. The van der Waals surface area contributed by atoms with Crippen molar-refractivity contribution < 1.29 is 0 Å². The molecule has 1 heterocycles. The zero-order valence-electron chi connectivity index (χ0n) is 23.9. The van der Waals surface area contributed by atoms with E-state index in [2.05, 4.69) is 146 Å². The fourth-order valence-electron chi connectivity index (χ4n) is 6.05. The fourth-order valence-corrected chi connectivity index (χ4v) is 6.05. The number of hydrogen-bond donors (Lipinski definition) is 0. The third kappa shape index (κ3) is 4.80. The van der Waals surface area contributed by atoms with Crippen LogP contribution in [0, 0.1) is 6.92 Å². The van der Waals surface area contributed by atoms with E-state index < -0.39 is 0 Å². The maximum atomic E-state index is 4.45. The molecule has 200 valence electrons. The second-order valence-corrected chi connectivity index (χ2v) is 11.0. The smallest absolute Gasteiger partial charge is 0.0658 e. The fraction of sp³-hybridized carbons (Fsp3) is 0.0488. The Kier molecular flexibility index (Phi) is 6.70. The van der Waals surface area contributed by atoms with Crippen molar-refractivity contribution in [2.45, 2.75) is 13.8 Å². The van der Waals surface area contributed by atoms with Crippen molar-refractivity contribution in [3.05, 3.63) is 163 Å². The van der Waals surface area contributed by atoms with Crippen LogP contribution in [0.5, 0.6) is 0 Å². The molecule has 1 nitrogen and oxygen atoms in total. The molecule has 0 atom stereocenters. The Labute approximate surface area is 247 Å². The van der Waals surface area contributed by atoms with Gasteiger partial charge in [0.2, 0.25) is 0 Å². The van der Waals surface area contributed by atoms with E-state index in [0.29, 0.717) is 0 Å². The third-order valence-electron chi connectivity index (χ3n) is 8.11. The first-order valence-corrected chi connectivity index (χ1v) is 14.5. The van der Waals surface area contributed by atoms with E-state index in [1.807, 2.05) is 24.4 Å². The summed E-state index contributed by atoms with van der Waals surface area (Å²) in [5, 5.41) is 7.85. The quantitative estimate of drug-likeness (QED) is 0.152. The molecular weight excluding hydrogens is 506 g/mol. The molecular formula is C41H31N. The monoisotopic (exact) mass is 537 g/mol. The lowest BCUT2D eigenvalue weighted by atomic mass is 9.86. The van der Waals surface area contributed by atoms with E-state index in [-0.39, 0.29) is 0 Å². The average Bonchev–Trinajstić information content (AvgIpc) is 3.04. The van der Waals surface area contributed by atoms with Gasteiger partial charge in [0.05, 0.1) is 5.69 Å². The van der Waals surface area contributed by atoms with Crippen LogP contribution in [0.2, 0.25) is 0 Å². The highest BCUT2D eigenvalue weighted by Gasteiger charge is 2.15. The summed E-state index contributed by atoms with van der Waals surface area (Å²) in [7, 11) is 0. The minimum Gasteiger partial charge on any atom is -0.257 e. The van der Waals surface area contributed by atoms with Gasteiger partial charge in [-0.2, -0.15) is 0 Å². The van der Waals surface area contributed by atoms with E-state index in [1.165, 1.54) is 65.7 Å². The standard InChI is InChI=1S/C41H31N/c1-28-25-34-20-22-36-33(14-8-3-5-11-29(2)39-15-9-10-24-42-39)27-38(37-23-21-35(26-28)40(34)41(36)37)32-18-16-31(17-19-32)30-12-6-4-7-13-30/h3-27H,1-2H3/b5-3-,14-8+,29-11+. The Balaban J connectivity index is 1.35. The van der Waals surface area contributed by atoms with Crippen molar-refractivity contribution in [2.24, 2.45) is 0 Å². The van der Waals surface area contributed by atoms with E-state index in [4.69, 9.17) is 0 Å². The lowest BCUT2D eigenvalue weighted by molar-refractivity contribution is 1.27. The average molecular weight is 538 g/mol. The minimum absolute atomic E-state index is 0.996. The number of aryl methyl sites for hydroxylation is 1. The zero-order chi connectivity index (χ0) is 28.5. The molecule has 0 bridgehead atoms. The lowest BCUT2D eigenvalue weighted by Gasteiger charge is -2.17. The summed E-state index contributed by atoms with van der Waals surface area (Å²) in [5.41, 5.74) is 9.58. The van der Waals surface area contributed by atoms with E-state index in [0.717, 1.165) is 11.3 Å². The van der Waals surface area contributed by atoms with Gasteiger partial charge in [-0.3, -0.25) is 4.98 Å². The van der Waals surface area contributed by atoms with Crippen LogP contribution in [0.1, 0.15) is 23.7 Å². The summed E-state index contributed by atoms with van der Waals surface area (Å²) >= 11 is 0. The molecule has 0 spiro atoms. The second kappa shape index (κ2) is 11.0. The van der Waals surface area contributed by atoms with E-state index >= 15 is 0 Å². The Hall–Kier alpha value is -5.27. The number of hydrogen-bond acceptors (Lipinski definition) is 1. The molecule has 0 saturated heterocycles. The van der Waals surface area contributed by atoms with Crippen LogP contribution in [-0.2, 0) is 0 Å². The Bertz CT molecular complexity index is 2090. The topological polar surface area (TPSA) is 12.9 Å². The van der Waals surface area contributed by atoms with Crippen LogP contribution in [-0.4, -0.2) is 4.98 Å². The van der Waals surface area contributed by atoms with Gasteiger partial charge in [0, 0.05) is 6.20 Å². The van der Waals surface area contributed by atoms with Crippen LogP contribution < -0.4 is 0 Å². The molecule has 1 aromatic heterocycles.